The first-order valence-electron chi connectivity index (χ1n) is 5.19. The molecule has 2 rings (SSSR count). The van der Waals surface area contributed by atoms with Gasteiger partial charge in [-0.3, -0.25) is 9.79 Å². The SMILES string of the molecule is CN=C/C(C)=C1\CC(=O)c2cc(F)c(F)cc21. The lowest BCUT2D eigenvalue weighted by atomic mass is 10.0. The van der Waals surface area contributed by atoms with E-state index in [2.05, 4.69) is 4.99 Å². The van der Waals surface area contributed by atoms with E-state index in [-0.39, 0.29) is 17.8 Å². The highest BCUT2D eigenvalue weighted by Gasteiger charge is 2.27. The number of benzene rings is 1. The predicted octanol–water partition coefficient (Wildman–Crippen LogP) is 3.03. The summed E-state index contributed by atoms with van der Waals surface area (Å²) in [5.41, 5.74) is 2.24. The van der Waals surface area contributed by atoms with E-state index in [1.54, 1.807) is 20.2 Å². The molecule has 88 valence electrons. The van der Waals surface area contributed by atoms with Crippen molar-refractivity contribution >= 4 is 17.6 Å². The van der Waals surface area contributed by atoms with Gasteiger partial charge in [0.1, 0.15) is 0 Å². The van der Waals surface area contributed by atoms with Gasteiger partial charge in [0, 0.05) is 25.2 Å². The summed E-state index contributed by atoms with van der Waals surface area (Å²) in [6.07, 6.45) is 1.79. The summed E-state index contributed by atoms with van der Waals surface area (Å²) in [7, 11) is 1.62. The van der Waals surface area contributed by atoms with Crippen LogP contribution < -0.4 is 0 Å². The second-order valence-corrected chi connectivity index (χ2v) is 3.96. The quantitative estimate of drug-likeness (QED) is 0.688. The van der Waals surface area contributed by atoms with Gasteiger partial charge in [-0.1, -0.05) is 0 Å². The zero-order chi connectivity index (χ0) is 12.6. The van der Waals surface area contributed by atoms with E-state index in [1.165, 1.54) is 0 Å². The molecule has 0 saturated carbocycles. The number of ketones is 1. The average Bonchev–Trinajstić information content (AvgIpc) is 2.58. The Hall–Kier alpha value is -1.84. The molecule has 0 fully saturated rings. The molecule has 1 aromatic carbocycles. The van der Waals surface area contributed by atoms with Gasteiger partial charge in [0.2, 0.25) is 0 Å². The molecule has 0 spiro atoms. The molecular weight excluding hydrogens is 224 g/mol. The molecule has 2 nitrogen and oxygen atoms in total. The molecule has 0 aliphatic heterocycles. The summed E-state index contributed by atoms with van der Waals surface area (Å²) in [4.78, 5) is 15.5. The van der Waals surface area contributed by atoms with Crippen LogP contribution in [0.5, 0.6) is 0 Å². The Morgan fingerprint density at radius 1 is 1.29 bits per heavy atom. The maximum atomic E-state index is 13.2. The van der Waals surface area contributed by atoms with E-state index in [0.29, 0.717) is 5.56 Å². The first-order chi connectivity index (χ1) is 8.04. The molecule has 0 radical (unpaired) electrons. The maximum absolute atomic E-state index is 13.2. The number of rotatable bonds is 1. The minimum absolute atomic E-state index is 0.177. The molecule has 0 heterocycles. The van der Waals surface area contributed by atoms with E-state index in [1.807, 2.05) is 0 Å². The van der Waals surface area contributed by atoms with Crippen LogP contribution in [0.3, 0.4) is 0 Å². The van der Waals surface area contributed by atoms with Crippen molar-refractivity contribution in [3.63, 3.8) is 0 Å². The molecule has 1 aliphatic rings. The second-order valence-electron chi connectivity index (χ2n) is 3.96. The summed E-state index contributed by atoms with van der Waals surface area (Å²) >= 11 is 0. The molecule has 0 atom stereocenters. The molecule has 0 bridgehead atoms. The monoisotopic (exact) mass is 235 g/mol. The number of fused-ring (bicyclic) bond motifs is 1. The van der Waals surface area contributed by atoms with Crippen molar-refractivity contribution in [2.75, 3.05) is 7.05 Å². The van der Waals surface area contributed by atoms with E-state index in [9.17, 15) is 13.6 Å². The lowest BCUT2D eigenvalue weighted by molar-refractivity contribution is 0.100. The number of allylic oxidation sites excluding steroid dienone is 2. The van der Waals surface area contributed by atoms with Gasteiger partial charge >= 0.3 is 0 Å². The Labute approximate surface area is 97.7 Å². The van der Waals surface area contributed by atoms with Crippen molar-refractivity contribution in [3.8, 4) is 0 Å². The van der Waals surface area contributed by atoms with Gasteiger partial charge in [-0.25, -0.2) is 8.78 Å². The van der Waals surface area contributed by atoms with Gasteiger partial charge in [0.15, 0.2) is 17.4 Å². The lowest BCUT2D eigenvalue weighted by Crippen LogP contribution is -1.94. The van der Waals surface area contributed by atoms with Crippen molar-refractivity contribution in [1.29, 1.82) is 0 Å². The Kier molecular flexibility index (Phi) is 2.88. The van der Waals surface area contributed by atoms with Gasteiger partial charge < -0.3 is 0 Å². The van der Waals surface area contributed by atoms with Gasteiger partial charge in [0.05, 0.1) is 0 Å². The largest absolute Gasteiger partial charge is 0.296 e. The number of halogens is 2. The van der Waals surface area contributed by atoms with Crippen LogP contribution >= 0.6 is 0 Å². The standard InChI is InChI=1S/C13H11F2NO/c1-7(6-16-2)8-5-13(17)10-4-12(15)11(14)3-9(8)10/h3-4,6H,5H2,1-2H3/b8-7+,16-6?. The van der Waals surface area contributed by atoms with Crippen LogP contribution in [0.2, 0.25) is 0 Å². The molecule has 17 heavy (non-hydrogen) atoms. The molecule has 1 aliphatic carbocycles. The highest BCUT2D eigenvalue weighted by molar-refractivity contribution is 6.14. The maximum Gasteiger partial charge on any atom is 0.167 e. The van der Waals surface area contributed by atoms with Gasteiger partial charge in [0.25, 0.3) is 0 Å². The minimum atomic E-state index is -0.986. The molecule has 0 saturated heterocycles. The third-order valence-corrected chi connectivity index (χ3v) is 2.82. The summed E-state index contributed by atoms with van der Waals surface area (Å²) in [5, 5.41) is 0. The first-order valence-corrected chi connectivity index (χ1v) is 5.19. The number of aliphatic imine (C=N–C) groups is 1. The third kappa shape index (κ3) is 1.90. The fraction of sp³-hybridized carbons (Fsp3) is 0.231. The number of carbonyl (C=O) groups excluding carboxylic acids is 1. The number of hydrogen-bond acceptors (Lipinski definition) is 2. The first kappa shape index (κ1) is 11.6. The Morgan fingerprint density at radius 2 is 1.88 bits per heavy atom. The smallest absolute Gasteiger partial charge is 0.167 e. The molecule has 0 aromatic heterocycles. The van der Waals surface area contributed by atoms with Gasteiger partial charge in [-0.2, -0.15) is 0 Å². The highest BCUT2D eigenvalue weighted by atomic mass is 19.2. The fourth-order valence-corrected chi connectivity index (χ4v) is 2.00. The van der Waals surface area contributed by atoms with E-state index >= 15 is 0 Å². The number of nitrogens with zero attached hydrogens (tertiary/aromatic N) is 1. The molecule has 4 heteroatoms. The topological polar surface area (TPSA) is 29.4 Å². The van der Waals surface area contributed by atoms with Crippen LogP contribution in [0.1, 0.15) is 29.3 Å². The number of hydrogen-bond donors (Lipinski definition) is 0. The van der Waals surface area contributed by atoms with Crippen LogP contribution in [0.15, 0.2) is 22.7 Å². The molecular formula is C13H11F2NO. The van der Waals surface area contributed by atoms with E-state index in [0.717, 1.165) is 23.3 Å². The van der Waals surface area contributed by atoms with Crippen LogP contribution in [-0.4, -0.2) is 19.0 Å². The van der Waals surface area contributed by atoms with E-state index in [4.69, 9.17) is 0 Å². The zero-order valence-electron chi connectivity index (χ0n) is 9.55. The van der Waals surface area contributed by atoms with Crippen molar-refractivity contribution < 1.29 is 13.6 Å². The van der Waals surface area contributed by atoms with Crippen LogP contribution in [-0.2, 0) is 0 Å². The molecule has 0 unspecified atom stereocenters. The highest BCUT2D eigenvalue weighted by Crippen LogP contribution is 2.35. The summed E-state index contributed by atoms with van der Waals surface area (Å²) in [6.45, 7) is 1.80. The molecule has 0 N–H and O–H groups in total. The lowest BCUT2D eigenvalue weighted by Gasteiger charge is -2.03. The number of Topliss-reactive ketones (excluding diaryl/α,β-unsaturated/α-hetero) is 1. The third-order valence-electron chi connectivity index (χ3n) is 2.82. The molecule has 0 amide bonds. The summed E-state index contributed by atoms with van der Waals surface area (Å²) in [6, 6.07) is 2.05. The number of carbonyl (C=O) groups is 1. The average molecular weight is 235 g/mol. The minimum Gasteiger partial charge on any atom is -0.296 e. The van der Waals surface area contributed by atoms with Gasteiger partial charge in [-0.05, 0) is 35.8 Å². The van der Waals surface area contributed by atoms with Crippen LogP contribution in [0.4, 0.5) is 8.78 Å². The Morgan fingerprint density at radius 3 is 2.47 bits per heavy atom. The van der Waals surface area contributed by atoms with E-state index < -0.39 is 11.6 Å². The Balaban J connectivity index is 2.66. The summed E-state index contributed by atoms with van der Waals surface area (Å²) < 4.78 is 26.2. The van der Waals surface area contributed by atoms with Crippen LogP contribution in [0.25, 0.3) is 5.57 Å². The normalized spacial score (nSPS) is 17.8. The van der Waals surface area contributed by atoms with Crippen molar-refractivity contribution in [1.82, 2.24) is 0 Å². The van der Waals surface area contributed by atoms with Gasteiger partial charge in [-0.15, -0.1) is 0 Å². The predicted molar refractivity (Wildman–Crippen MR) is 62.3 cm³/mol. The van der Waals surface area contributed by atoms with Crippen molar-refractivity contribution in [3.05, 3.63) is 40.5 Å². The molecule has 1 aromatic rings. The Bertz CT molecular complexity index is 559. The van der Waals surface area contributed by atoms with Crippen molar-refractivity contribution in [2.24, 2.45) is 4.99 Å². The van der Waals surface area contributed by atoms with Crippen LogP contribution in [0, 0.1) is 11.6 Å². The second kappa shape index (κ2) is 4.20. The fourth-order valence-electron chi connectivity index (χ4n) is 2.00. The zero-order valence-corrected chi connectivity index (χ0v) is 9.55. The van der Waals surface area contributed by atoms with Crippen molar-refractivity contribution in [2.45, 2.75) is 13.3 Å². The summed E-state index contributed by atoms with van der Waals surface area (Å²) in [5.74, 6) is -2.10.